The summed E-state index contributed by atoms with van der Waals surface area (Å²) < 4.78 is 11.7. The van der Waals surface area contributed by atoms with Gasteiger partial charge in [-0.2, -0.15) is 0 Å². The van der Waals surface area contributed by atoms with E-state index in [4.69, 9.17) is 26.1 Å². The number of benzene rings is 3. The molecule has 3 aromatic carbocycles. The number of fused-ring (bicyclic) bond motifs is 1. The minimum atomic E-state index is -0.232. The number of thiazole rings is 1. The van der Waals surface area contributed by atoms with Gasteiger partial charge >= 0.3 is 0 Å². The number of anilines is 1. The van der Waals surface area contributed by atoms with E-state index >= 15 is 0 Å². The molecular formula is C23H19ClN2O3S. The smallest absolute Gasteiger partial charge is 0.264 e. The molecule has 0 unspecified atom stereocenters. The third-order valence-electron chi connectivity index (χ3n) is 4.64. The molecule has 0 N–H and O–H groups in total. The van der Waals surface area contributed by atoms with Crippen LogP contribution in [-0.4, -0.2) is 25.1 Å². The van der Waals surface area contributed by atoms with Gasteiger partial charge in [0.1, 0.15) is 11.5 Å². The summed E-state index contributed by atoms with van der Waals surface area (Å²) >= 11 is 7.61. The summed E-state index contributed by atoms with van der Waals surface area (Å²) in [6.45, 7) is 0.367. The van der Waals surface area contributed by atoms with Gasteiger partial charge in [-0.1, -0.05) is 53.3 Å². The van der Waals surface area contributed by atoms with E-state index < -0.39 is 0 Å². The highest BCUT2D eigenvalue weighted by atomic mass is 35.5. The average Bonchev–Trinajstić information content (AvgIpc) is 3.20. The number of carbonyl (C=O) groups excluding carboxylic acids is 1. The number of hydrogen-bond donors (Lipinski definition) is 0. The Bertz CT molecular complexity index is 1190. The number of methoxy groups -OCH3 is 2. The predicted octanol–water partition coefficient (Wildman–Crippen LogP) is 5.81. The molecule has 1 aromatic heterocycles. The second-order valence-electron chi connectivity index (χ2n) is 6.55. The molecule has 152 valence electrons. The first-order valence-corrected chi connectivity index (χ1v) is 10.4. The lowest BCUT2D eigenvalue weighted by atomic mass is 10.1. The van der Waals surface area contributed by atoms with E-state index in [2.05, 4.69) is 0 Å². The lowest BCUT2D eigenvalue weighted by molar-refractivity contribution is 0.0982. The molecule has 0 aliphatic rings. The Hall–Kier alpha value is -3.09. The SMILES string of the molecule is COc1ccc2nc(N(Cc3ccccc3)C(=O)c3cc(Cl)ccc3OC)sc2c1. The van der Waals surface area contributed by atoms with Gasteiger partial charge in [0.15, 0.2) is 5.13 Å². The van der Waals surface area contributed by atoms with Crippen LogP contribution in [-0.2, 0) is 6.54 Å². The Morgan fingerprint density at radius 1 is 1.03 bits per heavy atom. The quantitative estimate of drug-likeness (QED) is 0.381. The molecular weight excluding hydrogens is 420 g/mol. The molecule has 1 amide bonds. The number of carbonyl (C=O) groups is 1. The first-order valence-electron chi connectivity index (χ1n) is 9.23. The number of aromatic nitrogens is 1. The van der Waals surface area contributed by atoms with Crippen LogP contribution < -0.4 is 14.4 Å². The fourth-order valence-corrected chi connectivity index (χ4v) is 4.28. The number of rotatable bonds is 6. The monoisotopic (exact) mass is 438 g/mol. The molecule has 5 nitrogen and oxygen atoms in total. The van der Waals surface area contributed by atoms with Crippen molar-refractivity contribution in [3.8, 4) is 11.5 Å². The van der Waals surface area contributed by atoms with E-state index in [1.165, 1.54) is 18.4 Å². The fraction of sp³-hybridized carbons (Fsp3) is 0.130. The summed E-state index contributed by atoms with van der Waals surface area (Å²) in [5.74, 6) is 0.976. The Morgan fingerprint density at radius 2 is 1.83 bits per heavy atom. The van der Waals surface area contributed by atoms with Crippen molar-refractivity contribution in [1.82, 2.24) is 4.98 Å². The highest BCUT2D eigenvalue weighted by Crippen LogP contribution is 2.34. The second-order valence-corrected chi connectivity index (χ2v) is 8.00. The number of nitrogens with zero attached hydrogens (tertiary/aromatic N) is 2. The first kappa shape index (κ1) is 20.2. The summed E-state index contributed by atoms with van der Waals surface area (Å²) in [6, 6.07) is 20.5. The number of amides is 1. The maximum atomic E-state index is 13.6. The molecule has 0 saturated carbocycles. The molecule has 0 radical (unpaired) electrons. The van der Waals surface area contributed by atoms with Crippen molar-refractivity contribution >= 4 is 44.2 Å². The maximum Gasteiger partial charge on any atom is 0.264 e. The first-order chi connectivity index (χ1) is 14.6. The Kier molecular flexibility index (Phi) is 5.88. The third-order valence-corrected chi connectivity index (χ3v) is 5.91. The third kappa shape index (κ3) is 4.10. The second kappa shape index (κ2) is 8.73. The minimum Gasteiger partial charge on any atom is -0.497 e. The number of hydrogen-bond acceptors (Lipinski definition) is 5. The van der Waals surface area contributed by atoms with Crippen LogP contribution >= 0.6 is 22.9 Å². The van der Waals surface area contributed by atoms with Gasteiger partial charge in [0.25, 0.3) is 5.91 Å². The molecule has 4 aromatic rings. The predicted molar refractivity (Wildman–Crippen MR) is 121 cm³/mol. The van der Waals surface area contributed by atoms with Gasteiger partial charge in [0.2, 0.25) is 0 Å². The average molecular weight is 439 g/mol. The van der Waals surface area contributed by atoms with Gasteiger partial charge in [0.05, 0.1) is 36.5 Å². The summed E-state index contributed by atoms with van der Waals surface area (Å²) in [6.07, 6.45) is 0. The topological polar surface area (TPSA) is 51.7 Å². The molecule has 0 aliphatic heterocycles. The summed E-state index contributed by atoms with van der Waals surface area (Å²) in [4.78, 5) is 20.0. The van der Waals surface area contributed by atoms with Crippen molar-refractivity contribution in [1.29, 1.82) is 0 Å². The highest BCUT2D eigenvalue weighted by molar-refractivity contribution is 7.22. The van der Waals surface area contributed by atoms with Gasteiger partial charge in [-0.3, -0.25) is 9.69 Å². The zero-order valence-electron chi connectivity index (χ0n) is 16.5. The molecule has 0 fully saturated rings. The van der Waals surface area contributed by atoms with Crippen molar-refractivity contribution in [2.24, 2.45) is 0 Å². The van der Waals surface area contributed by atoms with Crippen LogP contribution in [0.25, 0.3) is 10.2 Å². The van der Waals surface area contributed by atoms with E-state index in [-0.39, 0.29) is 5.91 Å². The molecule has 1 heterocycles. The fourth-order valence-electron chi connectivity index (χ4n) is 3.12. The summed E-state index contributed by atoms with van der Waals surface area (Å²) in [7, 11) is 3.16. The largest absolute Gasteiger partial charge is 0.497 e. The van der Waals surface area contributed by atoms with E-state index in [1.807, 2.05) is 48.5 Å². The van der Waals surface area contributed by atoms with Crippen LogP contribution in [0.5, 0.6) is 11.5 Å². The Morgan fingerprint density at radius 3 is 2.57 bits per heavy atom. The van der Waals surface area contributed by atoms with Gasteiger partial charge in [-0.25, -0.2) is 4.98 Å². The summed E-state index contributed by atoms with van der Waals surface area (Å²) in [5.41, 5.74) is 2.18. The normalized spacial score (nSPS) is 10.8. The van der Waals surface area contributed by atoms with Crippen molar-refractivity contribution in [2.45, 2.75) is 6.54 Å². The van der Waals surface area contributed by atoms with E-state index in [9.17, 15) is 4.79 Å². The van der Waals surface area contributed by atoms with E-state index in [0.717, 1.165) is 21.5 Å². The van der Waals surface area contributed by atoms with Crippen LogP contribution in [0.4, 0.5) is 5.13 Å². The molecule has 0 atom stereocenters. The van der Waals surface area contributed by atoms with Crippen molar-refractivity contribution in [3.05, 3.63) is 82.9 Å². The lowest BCUT2D eigenvalue weighted by Crippen LogP contribution is -2.30. The van der Waals surface area contributed by atoms with Crippen molar-refractivity contribution in [2.75, 3.05) is 19.1 Å². The minimum absolute atomic E-state index is 0.232. The highest BCUT2D eigenvalue weighted by Gasteiger charge is 2.25. The van der Waals surface area contributed by atoms with Crippen LogP contribution in [0.2, 0.25) is 5.02 Å². The molecule has 7 heteroatoms. The van der Waals surface area contributed by atoms with Crippen molar-refractivity contribution < 1.29 is 14.3 Å². The molecule has 0 aliphatic carbocycles. The zero-order valence-corrected chi connectivity index (χ0v) is 18.0. The molecule has 0 bridgehead atoms. The Labute approximate surface area is 183 Å². The van der Waals surface area contributed by atoms with Crippen LogP contribution in [0.1, 0.15) is 15.9 Å². The number of ether oxygens (including phenoxy) is 2. The van der Waals surface area contributed by atoms with Gasteiger partial charge in [-0.15, -0.1) is 0 Å². The zero-order chi connectivity index (χ0) is 21.1. The van der Waals surface area contributed by atoms with E-state index in [0.29, 0.717) is 28.0 Å². The van der Waals surface area contributed by atoms with Crippen LogP contribution in [0.15, 0.2) is 66.7 Å². The molecule has 0 saturated heterocycles. The molecule has 0 spiro atoms. The maximum absolute atomic E-state index is 13.6. The van der Waals surface area contributed by atoms with Gasteiger partial charge < -0.3 is 9.47 Å². The van der Waals surface area contributed by atoms with Gasteiger partial charge in [0, 0.05) is 5.02 Å². The van der Waals surface area contributed by atoms with E-state index in [1.54, 1.807) is 30.2 Å². The number of halogens is 1. The lowest BCUT2D eigenvalue weighted by Gasteiger charge is -2.21. The van der Waals surface area contributed by atoms with Gasteiger partial charge in [-0.05, 0) is 42.0 Å². The van der Waals surface area contributed by atoms with Crippen LogP contribution in [0, 0.1) is 0 Å². The molecule has 30 heavy (non-hydrogen) atoms. The molecule has 4 rings (SSSR count). The van der Waals surface area contributed by atoms with Crippen LogP contribution in [0.3, 0.4) is 0 Å². The standard InChI is InChI=1S/C23H19ClN2O3S/c1-28-17-9-10-19-21(13-17)30-23(25-19)26(14-15-6-4-3-5-7-15)22(27)18-12-16(24)8-11-20(18)29-2/h3-13H,14H2,1-2H3. The summed E-state index contributed by atoms with van der Waals surface area (Å²) in [5, 5.41) is 1.06. The van der Waals surface area contributed by atoms with Crippen molar-refractivity contribution in [3.63, 3.8) is 0 Å². The Balaban J connectivity index is 1.80.